The molecule has 1 amide bonds. The zero-order valence-electron chi connectivity index (χ0n) is 21.4. The lowest BCUT2D eigenvalue weighted by atomic mass is 10.2. The summed E-state index contributed by atoms with van der Waals surface area (Å²) in [7, 11) is -3.45. The van der Waals surface area contributed by atoms with E-state index in [2.05, 4.69) is 15.3 Å². The van der Waals surface area contributed by atoms with Crippen LogP contribution in [0, 0.1) is 0 Å². The number of carbonyl (C=O) groups excluding carboxylic acids is 1. The zero-order valence-corrected chi connectivity index (χ0v) is 23.0. The van der Waals surface area contributed by atoms with Crippen molar-refractivity contribution in [3.63, 3.8) is 0 Å². The predicted molar refractivity (Wildman–Crippen MR) is 146 cm³/mol. The van der Waals surface area contributed by atoms with Gasteiger partial charge in [-0.2, -0.15) is 13.2 Å². The quantitative estimate of drug-likeness (QED) is 0.257. The molecular weight excluding hydrogens is 571 g/mol. The van der Waals surface area contributed by atoms with Crippen LogP contribution in [-0.2, 0) is 27.4 Å². The molecule has 0 aliphatic rings. The molecule has 0 bridgehead atoms. The van der Waals surface area contributed by atoms with E-state index < -0.39 is 33.2 Å². The van der Waals surface area contributed by atoms with E-state index in [1.165, 1.54) is 29.4 Å². The van der Waals surface area contributed by atoms with Crippen molar-refractivity contribution >= 4 is 49.9 Å². The predicted octanol–water partition coefficient (Wildman–Crippen LogP) is 5.53. The van der Waals surface area contributed by atoms with Crippen LogP contribution in [0.25, 0.3) is 11.0 Å². The molecule has 0 fully saturated rings. The first-order valence-corrected chi connectivity index (χ1v) is 14.4. The van der Waals surface area contributed by atoms with E-state index in [0.717, 1.165) is 18.4 Å². The molecule has 0 saturated carbocycles. The summed E-state index contributed by atoms with van der Waals surface area (Å²) in [4.78, 5) is 22.5. The number of hydrogen-bond donors (Lipinski definition) is 1. The number of anilines is 2. The van der Waals surface area contributed by atoms with Gasteiger partial charge in [0.1, 0.15) is 29.1 Å². The van der Waals surface area contributed by atoms with Crippen LogP contribution in [0.1, 0.15) is 12.5 Å². The fraction of sp³-hybridized carbons (Fsp3) is 0.269. The van der Waals surface area contributed by atoms with Crippen molar-refractivity contribution in [2.75, 3.05) is 30.4 Å². The maximum Gasteiger partial charge on any atom is 0.416 e. The third-order valence-corrected chi connectivity index (χ3v) is 6.93. The van der Waals surface area contributed by atoms with E-state index in [9.17, 15) is 26.4 Å². The van der Waals surface area contributed by atoms with Crippen LogP contribution in [0.15, 0.2) is 61.1 Å². The highest BCUT2D eigenvalue weighted by Crippen LogP contribution is 2.36. The third-order valence-electron chi connectivity index (χ3n) is 5.86. The van der Waals surface area contributed by atoms with Gasteiger partial charge in [-0.25, -0.2) is 18.4 Å². The molecule has 0 spiro atoms. The molecule has 0 aliphatic carbocycles. The number of ether oxygens (including phenoxy) is 1. The van der Waals surface area contributed by atoms with E-state index >= 15 is 0 Å². The zero-order chi connectivity index (χ0) is 29.1. The third kappa shape index (κ3) is 7.21. The van der Waals surface area contributed by atoms with Gasteiger partial charge in [0.15, 0.2) is 15.7 Å². The molecule has 2 aromatic carbocycles. The van der Waals surface area contributed by atoms with E-state index in [4.69, 9.17) is 16.3 Å². The van der Waals surface area contributed by atoms with Crippen molar-refractivity contribution in [1.82, 2.24) is 19.4 Å². The Morgan fingerprint density at radius 3 is 2.60 bits per heavy atom. The molecule has 14 heteroatoms. The topological polar surface area (TPSA) is 106 Å². The number of aromatic nitrogens is 3. The number of halogens is 4. The van der Waals surface area contributed by atoms with Crippen molar-refractivity contribution in [2.45, 2.75) is 19.6 Å². The second-order valence-electron chi connectivity index (χ2n) is 8.91. The van der Waals surface area contributed by atoms with Crippen LogP contribution in [0.5, 0.6) is 11.5 Å². The number of sulfone groups is 1. The smallest absolute Gasteiger partial charge is 0.416 e. The lowest BCUT2D eigenvalue weighted by molar-refractivity contribution is -0.137. The molecule has 1 N–H and O–H groups in total. The number of nitrogens with zero attached hydrogens (tertiary/aromatic N) is 4. The number of fused-ring (bicyclic) bond motifs is 1. The fourth-order valence-corrected chi connectivity index (χ4v) is 4.82. The molecule has 40 heavy (non-hydrogen) atoms. The average molecular weight is 596 g/mol. The van der Waals surface area contributed by atoms with Crippen LogP contribution < -0.4 is 10.1 Å². The first-order chi connectivity index (χ1) is 18.8. The first kappa shape index (κ1) is 29.2. The molecule has 212 valence electrons. The van der Waals surface area contributed by atoms with Crippen molar-refractivity contribution < 1.29 is 31.1 Å². The van der Waals surface area contributed by atoms with E-state index in [0.29, 0.717) is 35.6 Å². The molecule has 0 atom stereocenters. The van der Waals surface area contributed by atoms with Crippen LogP contribution >= 0.6 is 11.6 Å². The van der Waals surface area contributed by atoms with Gasteiger partial charge in [-0.15, -0.1) is 0 Å². The Morgan fingerprint density at radius 2 is 1.93 bits per heavy atom. The molecule has 2 heterocycles. The Kier molecular flexibility index (Phi) is 8.54. The maximum atomic E-state index is 13.0. The van der Waals surface area contributed by atoms with E-state index in [1.54, 1.807) is 31.3 Å². The Labute approximate surface area is 233 Å². The highest BCUT2D eigenvalue weighted by Gasteiger charge is 2.30. The fourth-order valence-electron chi connectivity index (χ4n) is 3.97. The Bertz CT molecular complexity index is 1640. The van der Waals surface area contributed by atoms with Gasteiger partial charge in [-0.05, 0) is 49.4 Å². The highest BCUT2D eigenvalue weighted by molar-refractivity contribution is 7.91. The Hall–Kier alpha value is -3.84. The van der Waals surface area contributed by atoms with E-state index in [-0.39, 0.29) is 23.1 Å². The van der Waals surface area contributed by atoms with Crippen molar-refractivity contribution in [3.8, 4) is 11.5 Å². The van der Waals surface area contributed by atoms with Crippen LogP contribution in [0.2, 0.25) is 5.02 Å². The van der Waals surface area contributed by atoms with E-state index in [1.807, 2.05) is 4.57 Å². The Balaban J connectivity index is 1.52. The Morgan fingerprint density at radius 1 is 1.15 bits per heavy atom. The summed E-state index contributed by atoms with van der Waals surface area (Å²) in [6.07, 6.45) is -0.310. The number of likely N-dealkylation sites (N-methyl/N-ethyl adjacent to an activating group) is 1. The summed E-state index contributed by atoms with van der Waals surface area (Å²) in [6, 6.07) is 11.0. The number of carbonyl (C=O) groups is 1. The highest BCUT2D eigenvalue weighted by atomic mass is 35.5. The van der Waals surface area contributed by atoms with Gasteiger partial charge in [0, 0.05) is 37.8 Å². The van der Waals surface area contributed by atoms with Gasteiger partial charge in [0.2, 0.25) is 5.91 Å². The van der Waals surface area contributed by atoms with Gasteiger partial charge < -0.3 is 19.5 Å². The summed E-state index contributed by atoms with van der Waals surface area (Å²) >= 11 is 6.37. The van der Waals surface area contributed by atoms with Gasteiger partial charge in [0.05, 0.1) is 16.1 Å². The molecule has 0 aliphatic heterocycles. The van der Waals surface area contributed by atoms with Gasteiger partial charge in [0.25, 0.3) is 0 Å². The van der Waals surface area contributed by atoms with Gasteiger partial charge >= 0.3 is 6.18 Å². The molecular formula is C26H25ClF3N5O4S. The van der Waals surface area contributed by atoms with Gasteiger partial charge in [-0.3, -0.25) is 4.79 Å². The second-order valence-corrected chi connectivity index (χ2v) is 11.5. The minimum atomic E-state index is -4.50. The lowest BCUT2D eigenvalue weighted by Crippen LogP contribution is -2.37. The minimum absolute atomic E-state index is 0.0103. The molecule has 0 saturated heterocycles. The first-order valence-electron chi connectivity index (χ1n) is 12.0. The second kappa shape index (κ2) is 11.7. The number of benzene rings is 2. The molecule has 0 unspecified atom stereocenters. The van der Waals surface area contributed by atoms with Crippen LogP contribution in [0.3, 0.4) is 0 Å². The molecule has 0 radical (unpaired) electrons. The normalized spacial score (nSPS) is 11.9. The largest absolute Gasteiger partial charge is 0.456 e. The summed E-state index contributed by atoms with van der Waals surface area (Å²) in [6.45, 7) is 2.76. The summed E-state index contributed by atoms with van der Waals surface area (Å²) < 4.78 is 69.6. The number of amides is 1. The van der Waals surface area contributed by atoms with Crippen LogP contribution in [0.4, 0.5) is 24.7 Å². The molecule has 4 aromatic rings. The van der Waals surface area contributed by atoms with Crippen molar-refractivity contribution in [3.05, 3.63) is 71.6 Å². The standard InChI is InChI=1S/C26H25ClF3N5O4S/c1-3-34(23(36)15-40(2,37)38)11-12-35-10-9-21-24(35)25(32-16-31-21)33-18-7-8-22(20(27)14-18)39-19-6-4-5-17(13-19)26(28,29)30/h4-10,13-14,16H,3,11-12,15H2,1-2H3,(H,31,32,33). The number of nitrogens with one attached hydrogen (secondary N) is 1. The average Bonchev–Trinajstić information content (AvgIpc) is 3.29. The lowest BCUT2D eigenvalue weighted by Gasteiger charge is -2.21. The molecule has 9 nitrogen and oxygen atoms in total. The number of hydrogen-bond acceptors (Lipinski definition) is 7. The summed E-state index contributed by atoms with van der Waals surface area (Å²) in [5.41, 5.74) is 0.984. The maximum absolute atomic E-state index is 13.0. The number of alkyl halides is 3. The van der Waals surface area contributed by atoms with Crippen molar-refractivity contribution in [2.24, 2.45) is 0 Å². The van der Waals surface area contributed by atoms with Crippen LogP contribution in [-0.4, -0.2) is 58.9 Å². The summed E-state index contributed by atoms with van der Waals surface area (Å²) in [5.74, 6) is -0.427. The summed E-state index contributed by atoms with van der Waals surface area (Å²) in [5, 5.41) is 3.33. The number of rotatable bonds is 10. The van der Waals surface area contributed by atoms with Gasteiger partial charge in [-0.1, -0.05) is 17.7 Å². The van der Waals surface area contributed by atoms with Crippen molar-refractivity contribution in [1.29, 1.82) is 0 Å². The minimum Gasteiger partial charge on any atom is -0.456 e. The monoisotopic (exact) mass is 595 g/mol. The SMILES string of the molecule is CCN(CCn1ccc2ncnc(Nc3ccc(Oc4cccc(C(F)(F)F)c4)c(Cl)c3)c21)C(=O)CS(C)(=O)=O. The molecule has 4 rings (SSSR count). The molecule has 2 aromatic heterocycles.